The van der Waals surface area contributed by atoms with Gasteiger partial charge in [0.05, 0.1) is 0 Å². The Morgan fingerprint density at radius 3 is 2.60 bits per heavy atom. The van der Waals surface area contributed by atoms with Crippen LogP contribution >= 0.6 is 12.6 Å². The van der Waals surface area contributed by atoms with Gasteiger partial charge in [-0.15, -0.1) is 0 Å². The summed E-state index contributed by atoms with van der Waals surface area (Å²) in [4.78, 5) is 10.0. The minimum absolute atomic E-state index is 0.00593. The zero-order valence-electron chi connectivity index (χ0n) is 5.79. The first-order chi connectivity index (χ1) is 4.66. The van der Waals surface area contributed by atoms with Crippen molar-refractivity contribution in [1.82, 2.24) is 0 Å². The van der Waals surface area contributed by atoms with E-state index in [4.69, 9.17) is 10.8 Å². The molecule has 60 valence electrons. The number of rotatable bonds is 5. The molecule has 4 heteroatoms. The van der Waals surface area contributed by atoms with E-state index in [9.17, 15) is 4.79 Å². The van der Waals surface area contributed by atoms with Crippen LogP contribution < -0.4 is 5.73 Å². The molecule has 0 aliphatic heterocycles. The molecule has 0 aromatic rings. The number of nitrogens with two attached hydrogens (primary N) is 1. The Morgan fingerprint density at radius 1 is 1.60 bits per heavy atom. The molecular weight excluding hydrogens is 150 g/mol. The SMILES string of the molecule is NC(CCS)CCC(=O)O. The highest BCUT2D eigenvalue weighted by atomic mass is 32.1. The second-order valence-electron chi connectivity index (χ2n) is 2.20. The van der Waals surface area contributed by atoms with Crippen LogP contribution in [0, 0.1) is 0 Å². The predicted molar refractivity (Wildman–Crippen MR) is 43.3 cm³/mol. The van der Waals surface area contributed by atoms with Crippen LogP contribution in [0.4, 0.5) is 0 Å². The maximum atomic E-state index is 10.0. The average molecular weight is 163 g/mol. The first-order valence-electron chi connectivity index (χ1n) is 3.25. The van der Waals surface area contributed by atoms with Crippen LogP contribution in [0.25, 0.3) is 0 Å². The number of carboxylic acid groups (broad SMARTS) is 1. The minimum Gasteiger partial charge on any atom is -0.481 e. The van der Waals surface area contributed by atoms with Crippen molar-refractivity contribution in [2.75, 3.05) is 5.75 Å². The van der Waals surface area contributed by atoms with Crippen LogP contribution in [-0.2, 0) is 4.79 Å². The standard InChI is InChI=1S/C6H13NO2S/c7-5(3-4-10)1-2-6(8)9/h5,10H,1-4,7H2,(H,8,9). The van der Waals surface area contributed by atoms with Gasteiger partial charge in [-0.1, -0.05) is 0 Å². The average Bonchev–Trinajstić information content (AvgIpc) is 1.85. The van der Waals surface area contributed by atoms with Crippen LogP contribution in [-0.4, -0.2) is 22.9 Å². The van der Waals surface area contributed by atoms with Gasteiger partial charge in [-0.25, -0.2) is 0 Å². The van der Waals surface area contributed by atoms with Crippen molar-refractivity contribution in [2.45, 2.75) is 25.3 Å². The molecule has 0 saturated carbocycles. The van der Waals surface area contributed by atoms with Gasteiger partial charge in [-0.2, -0.15) is 12.6 Å². The fraction of sp³-hybridized carbons (Fsp3) is 0.833. The van der Waals surface area contributed by atoms with E-state index in [1.165, 1.54) is 0 Å². The molecule has 0 aromatic heterocycles. The van der Waals surface area contributed by atoms with Gasteiger partial charge >= 0.3 is 5.97 Å². The molecule has 0 amide bonds. The summed E-state index contributed by atoms with van der Waals surface area (Å²) >= 11 is 3.98. The lowest BCUT2D eigenvalue weighted by molar-refractivity contribution is -0.137. The van der Waals surface area contributed by atoms with E-state index in [0.717, 1.165) is 12.2 Å². The fourth-order valence-electron chi connectivity index (χ4n) is 0.619. The number of aliphatic carboxylic acids is 1. The molecular formula is C6H13NO2S. The lowest BCUT2D eigenvalue weighted by Crippen LogP contribution is -2.21. The highest BCUT2D eigenvalue weighted by Gasteiger charge is 2.03. The molecule has 0 aromatic carbocycles. The highest BCUT2D eigenvalue weighted by Crippen LogP contribution is 1.99. The first kappa shape index (κ1) is 9.78. The van der Waals surface area contributed by atoms with Gasteiger partial charge in [-0.3, -0.25) is 4.79 Å². The molecule has 0 aliphatic carbocycles. The lowest BCUT2D eigenvalue weighted by atomic mass is 10.1. The van der Waals surface area contributed by atoms with E-state index in [1.54, 1.807) is 0 Å². The maximum Gasteiger partial charge on any atom is 0.303 e. The van der Waals surface area contributed by atoms with Crippen molar-refractivity contribution in [3.05, 3.63) is 0 Å². The highest BCUT2D eigenvalue weighted by molar-refractivity contribution is 7.80. The van der Waals surface area contributed by atoms with Crippen molar-refractivity contribution in [2.24, 2.45) is 5.73 Å². The summed E-state index contributed by atoms with van der Waals surface area (Å²) in [5.41, 5.74) is 5.52. The van der Waals surface area contributed by atoms with Gasteiger partial charge in [-0.05, 0) is 18.6 Å². The third-order valence-electron chi connectivity index (χ3n) is 1.23. The smallest absolute Gasteiger partial charge is 0.303 e. The molecule has 0 spiro atoms. The summed E-state index contributed by atoms with van der Waals surface area (Å²) in [5.74, 6) is -0.0598. The van der Waals surface area contributed by atoms with Gasteiger partial charge in [0.1, 0.15) is 0 Å². The maximum absolute atomic E-state index is 10.0. The summed E-state index contributed by atoms with van der Waals surface area (Å²) in [6.07, 6.45) is 1.50. The Kier molecular flexibility index (Phi) is 5.43. The monoisotopic (exact) mass is 163 g/mol. The summed E-state index contributed by atoms with van der Waals surface area (Å²) in [5, 5.41) is 8.26. The van der Waals surface area contributed by atoms with Crippen LogP contribution in [0.2, 0.25) is 0 Å². The number of carbonyl (C=O) groups is 1. The first-order valence-corrected chi connectivity index (χ1v) is 3.88. The zero-order valence-corrected chi connectivity index (χ0v) is 6.68. The number of hydrogen-bond acceptors (Lipinski definition) is 3. The van der Waals surface area contributed by atoms with E-state index in [1.807, 2.05) is 0 Å². The predicted octanol–water partition coefficient (Wildman–Crippen LogP) is 0.498. The van der Waals surface area contributed by atoms with E-state index < -0.39 is 5.97 Å². The second-order valence-corrected chi connectivity index (χ2v) is 2.65. The van der Waals surface area contributed by atoms with E-state index in [-0.39, 0.29) is 12.5 Å². The topological polar surface area (TPSA) is 63.3 Å². The normalized spacial score (nSPS) is 13.0. The van der Waals surface area contributed by atoms with Crippen molar-refractivity contribution in [1.29, 1.82) is 0 Å². The molecule has 1 unspecified atom stereocenters. The molecule has 0 aliphatic rings. The van der Waals surface area contributed by atoms with Crippen molar-refractivity contribution in [3.8, 4) is 0 Å². The minimum atomic E-state index is -0.783. The molecule has 0 bridgehead atoms. The quantitative estimate of drug-likeness (QED) is 0.517. The Balaban J connectivity index is 3.21. The summed E-state index contributed by atoms with van der Waals surface area (Å²) in [6, 6.07) is -0.00593. The third-order valence-corrected chi connectivity index (χ3v) is 1.49. The van der Waals surface area contributed by atoms with Crippen molar-refractivity contribution in [3.63, 3.8) is 0 Å². The molecule has 0 fully saturated rings. The molecule has 10 heavy (non-hydrogen) atoms. The zero-order chi connectivity index (χ0) is 7.98. The number of carboxylic acids is 1. The Labute approximate surface area is 66.0 Å². The summed E-state index contributed by atoms with van der Waals surface area (Å²) < 4.78 is 0. The van der Waals surface area contributed by atoms with Gasteiger partial charge in [0.2, 0.25) is 0 Å². The van der Waals surface area contributed by atoms with Gasteiger partial charge in [0.15, 0.2) is 0 Å². The van der Waals surface area contributed by atoms with Crippen molar-refractivity contribution < 1.29 is 9.90 Å². The molecule has 0 rings (SSSR count). The van der Waals surface area contributed by atoms with E-state index in [2.05, 4.69) is 12.6 Å². The fourth-order valence-corrected chi connectivity index (χ4v) is 0.951. The van der Waals surface area contributed by atoms with Gasteiger partial charge in [0, 0.05) is 12.5 Å². The van der Waals surface area contributed by atoms with Gasteiger partial charge < -0.3 is 10.8 Å². The molecule has 0 radical (unpaired) electrons. The van der Waals surface area contributed by atoms with E-state index >= 15 is 0 Å². The number of thiol groups is 1. The van der Waals surface area contributed by atoms with E-state index in [0.29, 0.717) is 6.42 Å². The van der Waals surface area contributed by atoms with Crippen LogP contribution in [0.1, 0.15) is 19.3 Å². The van der Waals surface area contributed by atoms with Crippen LogP contribution in [0.5, 0.6) is 0 Å². The van der Waals surface area contributed by atoms with Crippen LogP contribution in [0.15, 0.2) is 0 Å². The summed E-state index contributed by atoms with van der Waals surface area (Å²) in [6.45, 7) is 0. The Hall–Kier alpha value is -0.220. The Morgan fingerprint density at radius 2 is 2.20 bits per heavy atom. The summed E-state index contributed by atoms with van der Waals surface area (Å²) in [7, 11) is 0. The largest absolute Gasteiger partial charge is 0.481 e. The second kappa shape index (κ2) is 5.56. The lowest BCUT2D eigenvalue weighted by Gasteiger charge is -2.06. The van der Waals surface area contributed by atoms with Crippen LogP contribution in [0.3, 0.4) is 0 Å². The molecule has 1 atom stereocenters. The number of hydrogen-bond donors (Lipinski definition) is 3. The van der Waals surface area contributed by atoms with Crippen molar-refractivity contribution >= 4 is 18.6 Å². The third kappa shape index (κ3) is 5.91. The molecule has 3 nitrogen and oxygen atoms in total. The molecule has 3 N–H and O–H groups in total. The molecule has 0 saturated heterocycles. The Bertz CT molecular complexity index is 108. The molecule has 0 heterocycles. The van der Waals surface area contributed by atoms with Gasteiger partial charge in [0.25, 0.3) is 0 Å².